The van der Waals surface area contributed by atoms with Crippen molar-refractivity contribution in [3.8, 4) is 0 Å². The van der Waals surface area contributed by atoms with Crippen molar-refractivity contribution in [3.05, 3.63) is 44.8 Å². The van der Waals surface area contributed by atoms with Crippen LogP contribution < -0.4 is 5.32 Å². The number of carbonyl (C=O) groups excluding carboxylic acids is 1. The van der Waals surface area contributed by atoms with E-state index >= 15 is 0 Å². The number of anilines is 1. The Balaban J connectivity index is 2.15. The summed E-state index contributed by atoms with van der Waals surface area (Å²) in [5, 5.41) is 4.51. The lowest BCUT2D eigenvalue weighted by Crippen LogP contribution is -2.12. The highest BCUT2D eigenvalue weighted by Crippen LogP contribution is 2.21. The molecule has 0 aliphatic rings. The van der Waals surface area contributed by atoms with E-state index in [0.717, 1.165) is 15.7 Å². The molecule has 0 fully saturated rings. The van der Waals surface area contributed by atoms with Gasteiger partial charge in [0, 0.05) is 15.5 Å². The number of benzene rings is 1. The third-order valence-electron chi connectivity index (χ3n) is 2.09. The number of hydrogen-bond acceptors (Lipinski definition) is 3. The Morgan fingerprint density at radius 2 is 2.31 bits per heavy atom. The third kappa shape index (κ3) is 2.48. The standard InChI is InChI=1S/C11H9BrN2OS/c1-7-2-3-8(4-9(7)12)14-11(15)10-5-16-6-13-10/h2-6H,1H3,(H,14,15). The maximum absolute atomic E-state index is 11.7. The predicted octanol–water partition coefficient (Wildman–Crippen LogP) is 3.47. The lowest BCUT2D eigenvalue weighted by molar-refractivity contribution is 0.102. The summed E-state index contributed by atoms with van der Waals surface area (Å²) in [6, 6.07) is 5.69. The number of carbonyl (C=O) groups is 1. The van der Waals surface area contributed by atoms with Crippen LogP contribution >= 0.6 is 27.3 Å². The molecule has 82 valence electrons. The zero-order valence-corrected chi connectivity index (χ0v) is 10.9. The summed E-state index contributed by atoms with van der Waals surface area (Å²) in [6.45, 7) is 2.00. The van der Waals surface area contributed by atoms with Gasteiger partial charge in [-0.2, -0.15) is 0 Å². The van der Waals surface area contributed by atoms with Crippen molar-refractivity contribution in [2.75, 3.05) is 5.32 Å². The molecule has 2 aromatic rings. The summed E-state index contributed by atoms with van der Waals surface area (Å²) in [4.78, 5) is 15.6. The lowest BCUT2D eigenvalue weighted by Gasteiger charge is -2.05. The monoisotopic (exact) mass is 296 g/mol. The fourth-order valence-electron chi connectivity index (χ4n) is 1.19. The van der Waals surface area contributed by atoms with Crippen LogP contribution in [0.5, 0.6) is 0 Å². The van der Waals surface area contributed by atoms with Gasteiger partial charge < -0.3 is 5.32 Å². The number of aryl methyl sites for hydroxylation is 1. The fraction of sp³-hybridized carbons (Fsp3) is 0.0909. The zero-order chi connectivity index (χ0) is 11.5. The number of amides is 1. The van der Waals surface area contributed by atoms with Gasteiger partial charge in [0.25, 0.3) is 5.91 Å². The van der Waals surface area contributed by atoms with Gasteiger partial charge in [0.05, 0.1) is 5.51 Å². The molecule has 0 atom stereocenters. The normalized spacial score (nSPS) is 10.1. The van der Waals surface area contributed by atoms with Crippen LogP contribution in [0.4, 0.5) is 5.69 Å². The largest absolute Gasteiger partial charge is 0.321 e. The van der Waals surface area contributed by atoms with Crippen molar-refractivity contribution in [2.45, 2.75) is 6.92 Å². The number of aromatic nitrogens is 1. The maximum Gasteiger partial charge on any atom is 0.275 e. The minimum Gasteiger partial charge on any atom is -0.321 e. The number of hydrogen-bond donors (Lipinski definition) is 1. The van der Waals surface area contributed by atoms with Crippen LogP contribution in [0.2, 0.25) is 0 Å². The predicted molar refractivity (Wildman–Crippen MR) is 68.9 cm³/mol. The van der Waals surface area contributed by atoms with Gasteiger partial charge in [0.1, 0.15) is 5.69 Å². The van der Waals surface area contributed by atoms with Crippen LogP contribution in [0.1, 0.15) is 16.1 Å². The van der Waals surface area contributed by atoms with E-state index in [1.54, 1.807) is 10.9 Å². The van der Waals surface area contributed by atoms with Crippen LogP contribution in [0, 0.1) is 6.92 Å². The van der Waals surface area contributed by atoms with Gasteiger partial charge in [-0.25, -0.2) is 4.98 Å². The fourth-order valence-corrected chi connectivity index (χ4v) is 2.10. The quantitative estimate of drug-likeness (QED) is 0.922. The number of thiazole rings is 1. The molecule has 0 saturated carbocycles. The molecule has 5 heteroatoms. The summed E-state index contributed by atoms with van der Waals surface area (Å²) in [5.74, 6) is -0.183. The van der Waals surface area contributed by atoms with Crippen molar-refractivity contribution >= 4 is 38.9 Å². The number of nitrogens with one attached hydrogen (secondary N) is 1. The van der Waals surface area contributed by atoms with Gasteiger partial charge in [-0.05, 0) is 24.6 Å². The lowest BCUT2D eigenvalue weighted by atomic mass is 10.2. The van der Waals surface area contributed by atoms with Gasteiger partial charge in [-0.15, -0.1) is 11.3 Å². The molecule has 0 bridgehead atoms. The molecule has 3 nitrogen and oxygen atoms in total. The summed E-state index contributed by atoms with van der Waals surface area (Å²) in [6.07, 6.45) is 0. The van der Waals surface area contributed by atoms with Gasteiger partial charge in [-0.1, -0.05) is 22.0 Å². The number of nitrogens with zero attached hydrogens (tertiary/aromatic N) is 1. The molecular weight excluding hydrogens is 288 g/mol. The van der Waals surface area contributed by atoms with Gasteiger partial charge >= 0.3 is 0 Å². The van der Waals surface area contributed by atoms with Crippen LogP contribution in [0.3, 0.4) is 0 Å². The minimum atomic E-state index is -0.183. The van der Waals surface area contributed by atoms with Crippen LogP contribution in [-0.4, -0.2) is 10.9 Å². The molecule has 0 aliphatic heterocycles. The Hall–Kier alpha value is -1.20. The molecule has 1 N–H and O–H groups in total. The van der Waals surface area contributed by atoms with Crippen molar-refractivity contribution in [3.63, 3.8) is 0 Å². The highest BCUT2D eigenvalue weighted by Gasteiger charge is 2.08. The summed E-state index contributed by atoms with van der Waals surface area (Å²) < 4.78 is 0.976. The SMILES string of the molecule is Cc1ccc(NC(=O)c2cscn2)cc1Br. The van der Waals surface area contributed by atoms with Gasteiger partial charge in [-0.3, -0.25) is 4.79 Å². The molecule has 0 saturated heterocycles. The van der Waals surface area contributed by atoms with Crippen molar-refractivity contribution in [2.24, 2.45) is 0 Å². The van der Waals surface area contributed by atoms with E-state index in [0.29, 0.717) is 5.69 Å². The molecule has 1 aromatic carbocycles. The Morgan fingerprint density at radius 1 is 1.50 bits per heavy atom. The molecule has 2 rings (SSSR count). The van der Waals surface area contributed by atoms with E-state index in [1.807, 2.05) is 25.1 Å². The summed E-state index contributed by atoms with van der Waals surface area (Å²) in [5.41, 5.74) is 3.98. The molecule has 1 amide bonds. The molecule has 0 unspecified atom stereocenters. The Bertz CT molecular complexity index is 511. The second-order valence-electron chi connectivity index (χ2n) is 3.29. The molecule has 0 radical (unpaired) electrons. The van der Waals surface area contributed by atoms with Crippen molar-refractivity contribution in [1.82, 2.24) is 4.98 Å². The van der Waals surface area contributed by atoms with Crippen LogP contribution in [-0.2, 0) is 0 Å². The molecule has 1 heterocycles. The molecule has 0 spiro atoms. The Labute approximate surface area is 106 Å². The Kier molecular flexibility index (Phi) is 3.36. The topological polar surface area (TPSA) is 42.0 Å². The van der Waals surface area contributed by atoms with E-state index in [4.69, 9.17) is 0 Å². The third-order valence-corrected chi connectivity index (χ3v) is 3.54. The first-order chi connectivity index (χ1) is 7.66. The first kappa shape index (κ1) is 11.3. The Morgan fingerprint density at radius 3 is 2.94 bits per heavy atom. The minimum absolute atomic E-state index is 0.183. The number of rotatable bonds is 2. The molecule has 0 aliphatic carbocycles. The van der Waals surface area contributed by atoms with E-state index in [1.165, 1.54) is 11.3 Å². The average molecular weight is 297 g/mol. The van der Waals surface area contributed by atoms with Crippen LogP contribution in [0.25, 0.3) is 0 Å². The molecule has 16 heavy (non-hydrogen) atoms. The smallest absolute Gasteiger partial charge is 0.275 e. The van der Waals surface area contributed by atoms with Crippen LogP contribution in [0.15, 0.2) is 33.6 Å². The van der Waals surface area contributed by atoms with E-state index in [-0.39, 0.29) is 5.91 Å². The first-order valence-corrected chi connectivity index (χ1v) is 6.36. The van der Waals surface area contributed by atoms with E-state index in [9.17, 15) is 4.79 Å². The molecular formula is C11H9BrN2OS. The summed E-state index contributed by atoms with van der Waals surface area (Å²) >= 11 is 4.82. The molecule has 1 aromatic heterocycles. The number of halogens is 1. The highest BCUT2D eigenvalue weighted by atomic mass is 79.9. The second kappa shape index (κ2) is 4.76. The summed E-state index contributed by atoms with van der Waals surface area (Å²) in [7, 11) is 0. The highest BCUT2D eigenvalue weighted by molar-refractivity contribution is 9.10. The average Bonchev–Trinajstić information content (AvgIpc) is 2.77. The zero-order valence-electron chi connectivity index (χ0n) is 8.53. The maximum atomic E-state index is 11.7. The second-order valence-corrected chi connectivity index (χ2v) is 4.86. The van der Waals surface area contributed by atoms with E-state index < -0.39 is 0 Å². The van der Waals surface area contributed by atoms with Crippen molar-refractivity contribution in [1.29, 1.82) is 0 Å². The van der Waals surface area contributed by atoms with Gasteiger partial charge in [0.2, 0.25) is 0 Å². The van der Waals surface area contributed by atoms with Crippen molar-refractivity contribution < 1.29 is 4.79 Å². The van der Waals surface area contributed by atoms with E-state index in [2.05, 4.69) is 26.2 Å². The van der Waals surface area contributed by atoms with Gasteiger partial charge in [0.15, 0.2) is 0 Å². The first-order valence-electron chi connectivity index (χ1n) is 4.62.